The van der Waals surface area contributed by atoms with Gasteiger partial charge in [-0.2, -0.15) is 0 Å². The number of hydrogen-bond acceptors (Lipinski definition) is 3. The lowest BCUT2D eigenvalue weighted by molar-refractivity contribution is 0.259. The first-order valence-electron chi connectivity index (χ1n) is 5.31. The Bertz CT molecular complexity index is 263. The molecule has 0 aromatic heterocycles. The van der Waals surface area contributed by atoms with E-state index in [1.54, 1.807) is 0 Å². The minimum atomic E-state index is -2.65. The molecule has 0 aromatic carbocycles. The van der Waals surface area contributed by atoms with Gasteiger partial charge in [0.1, 0.15) is 0 Å². The van der Waals surface area contributed by atoms with Crippen molar-refractivity contribution in [1.82, 2.24) is 0 Å². The van der Waals surface area contributed by atoms with Crippen LogP contribution < -0.4 is 0 Å². The van der Waals surface area contributed by atoms with Crippen LogP contribution in [0.4, 0.5) is 0 Å². The molecule has 0 saturated heterocycles. The Kier molecular flexibility index (Phi) is 7.92. The minimum Gasteiger partial charge on any atom is -0.487 e. The molecular formula is C10H20IO3P. The van der Waals surface area contributed by atoms with Crippen LogP contribution in [0.15, 0.2) is 9.08 Å². The van der Waals surface area contributed by atoms with Gasteiger partial charge in [-0.1, -0.05) is 13.8 Å². The molecule has 1 atom stereocenters. The van der Waals surface area contributed by atoms with Crippen molar-refractivity contribution in [2.24, 2.45) is 0 Å². The number of hydrogen-bond donors (Lipinski definition) is 0. The molecule has 0 rings (SSSR count). The highest BCUT2D eigenvalue weighted by molar-refractivity contribution is 14.1. The van der Waals surface area contributed by atoms with E-state index >= 15 is 0 Å². The fourth-order valence-electron chi connectivity index (χ4n) is 1.29. The molecule has 15 heavy (non-hydrogen) atoms. The zero-order valence-corrected chi connectivity index (χ0v) is 12.9. The first-order valence-corrected chi connectivity index (χ1v) is 8.20. The number of allylic oxidation sites excluding steroid dienone is 1. The maximum Gasteiger partial charge on any atom is 0.232 e. The Morgan fingerprint density at radius 1 is 1.20 bits per heavy atom. The molecule has 1 unspecified atom stereocenters. The molecule has 0 amide bonds. The lowest BCUT2D eigenvalue weighted by Gasteiger charge is -2.20. The van der Waals surface area contributed by atoms with Gasteiger partial charge in [-0.3, -0.25) is 4.57 Å². The van der Waals surface area contributed by atoms with Gasteiger partial charge in [-0.05, 0) is 42.9 Å². The van der Waals surface area contributed by atoms with Crippen LogP contribution in [-0.2, 0) is 13.8 Å². The predicted molar refractivity (Wildman–Crippen MR) is 72.7 cm³/mol. The van der Waals surface area contributed by atoms with Crippen molar-refractivity contribution in [3.8, 4) is 0 Å². The third-order valence-electron chi connectivity index (χ3n) is 2.00. The van der Waals surface area contributed by atoms with Crippen LogP contribution in [0.25, 0.3) is 0 Å². The summed E-state index contributed by atoms with van der Waals surface area (Å²) in [5.41, 5.74) is 0. The molecule has 0 saturated carbocycles. The molecule has 90 valence electrons. The monoisotopic (exact) mass is 346 g/mol. The SMILES string of the molecule is CCOC(I)=C(CC)P(=O)(CC)OCC. The van der Waals surface area contributed by atoms with Gasteiger partial charge < -0.3 is 9.26 Å². The summed E-state index contributed by atoms with van der Waals surface area (Å²) < 4.78 is 24.0. The van der Waals surface area contributed by atoms with E-state index in [9.17, 15) is 4.57 Å². The Balaban J connectivity index is 5.06. The molecule has 0 heterocycles. The van der Waals surface area contributed by atoms with E-state index in [0.29, 0.717) is 25.8 Å². The highest BCUT2D eigenvalue weighted by atomic mass is 127. The number of halogens is 1. The fourth-order valence-corrected chi connectivity index (χ4v) is 5.04. The second-order valence-corrected chi connectivity index (χ2v) is 6.67. The lowest BCUT2D eigenvalue weighted by Crippen LogP contribution is -1.99. The summed E-state index contributed by atoms with van der Waals surface area (Å²) in [6.45, 7) is 8.73. The summed E-state index contributed by atoms with van der Waals surface area (Å²) in [7, 11) is -2.65. The maximum atomic E-state index is 12.5. The third-order valence-corrected chi connectivity index (χ3v) is 6.24. The van der Waals surface area contributed by atoms with Crippen molar-refractivity contribution in [1.29, 1.82) is 0 Å². The van der Waals surface area contributed by atoms with Crippen LogP contribution in [0.5, 0.6) is 0 Å². The average Bonchev–Trinajstić information content (AvgIpc) is 2.19. The molecule has 0 aliphatic carbocycles. The van der Waals surface area contributed by atoms with Gasteiger partial charge in [-0.15, -0.1) is 0 Å². The van der Waals surface area contributed by atoms with Crippen LogP contribution in [-0.4, -0.2) is 19.4 Å². The average molecular weight is 346 g/mol. The summed E-state index contributed by atoms with van der Waals surface area (Å²) >= 11 is 2.10. The van der Waals surface area contributed by atoms with Gasteiger partial charge in [0.25, 0.3) is 0 Å². The van der Waals surface area contributed by atoms with E-state index in [0.717, 1.165) is 9.08 Å². The topological polar surface area (TPSA) is 35.5 Å². The normalized spacial score (nSPS) is 16.9. The van der Waals surface area contributed by atoms with Crippen molar-refractivity contribution in [2.45, 2.75) is 34.1 Å². The van der Waals surface area contributed by atoms with Gasteiger partial charge >= 0.3 is 0 Å². The standard InChI is InChI=1S/C10H20IO3P/c1-5-9(10(11)13-6-2)15(12,8-4)14-7-3/h5-8H2,1-4H3. The molecule has 0 bridgehead atoms. The second kappa shape index (κ2) is 7.69. The molecule has 0 N–H and O–H groups in total. The highest BCUT2D eigenvalue weighted by Crippen LogP contribution is 2.57. The molecule has 5 heteroatoms. The second-order valence-electron chi connectivity index (χ2n) is 2.91. The van der Waals surface area contributed by atoms with Gasteiger partial charge in [-0.25, -0.2) is 0 Å². The molecule has 0 aromatic rings. The number of rotatable bonds is 7. The van der Waals surface area contributed by atoms with Crippen LogP contribution in [0.1, 0.15) is 34.1 Å². The predicted octanol–water partition coefficient (Wildman–Crippen LogP) is 4.37. The van der Waals surface area contributed by atoms with Gasteiger partial charge in [0, 0.05) is 6.16 Å². The van der Waals surface area contributed by atoms with Crippen molar-refractivity contribution in [2.75, 3.05) is 19.4 Å². The largest absolute Gasteiger partial charge is 0.487 e. The van der Waals surface area contributed by atoms with E-state index in [2.05, 4.69) is 22.6 Å². The zero-order valence-electron chi connectivity index (χ0n) is 9.88. The smallest absolute Gasteiger partial charge is 0.232 e. The maximum absolute atomic E-state index is 12.5. The molecule has 0 radical (unpaired) electrons. The number of ether oxygens (including phenoxy) is 1. The van der Waals surface area contributed by atoms with E-state index in [4.69, 9.17) is 9.26 Å². The van der Waals surface area contributed by atoms with Crippen molar-refractivity contribution >= 4 is 30.0 Å². The summed E-state index contributed by atoms with van der Waals surface area (Å²) in [6, 6.07) is 0. The van der Waals surface area contributed by atoms with E-state index in [-0.39, 0.29) is 0 Å². The Labute approximate surface area is 106 Å². The van der Waals surface area contributed by atoms with E-state index in [1.165, 1.54) is 0 Å². The Hall–Kier alpha value is 0.460. The van der Waals surface area contributed by atoms with Crippen LogP contribution in [0, 0.1) is 0 Å². The van der Waals surface area contributed by atoms with E-state index in [1.807, 2.05) is 27.7 Å². The molecule has 0 spiro atoms. The quantitative estimate of drug-likeness (QED) is 0.390. The Morgan fingerprint density at radius 3 is 2.13 bits per heavy atom. The van der Waals surface area contributed by atoms with Crippen LogP contribution >= 0.6 is 30.0 Å². The summed E-state index contributed by atoms with van der Waals surface area (Å²) in [5.74, 6) is 0. The fraction of sp³-hybridized carbons (Fsp3) is 0.800. The van der Waals surface area contributed by atoms with Gasteiger partial charge in [0.15, 0.2) is 3.77 Å². The van der Waals surface area contributed by atoms with Crippen molar-refractivity contribution in [3.63, 3.8) is 0 Å². The van der Waals surface area contributed by atoms with E-state index < -0.39 is 7.37 Å². The van der Waals surface area contributed by atoms with Crippen molar-refractivity contribution in [3.05, 3.63) is 9.08 Å². The summed E-state index contributed by atoms with van der Waals surface area (Å²) in [4.78, 5) is 0. The van der Waals surface area contributed by atoms with Gasteiger partial charge in [0.05, 0.1) is 18.5 Å². The van der Waals surface area contributed by atoms with Crippen LogP contribution in [0.2, 0.25) is 0 Å². The lowest BCUT2D eigenvalue weighted by atomic mass is 10.5. The molecule has 3 nitrogen and oxygen atoms in total. The first-order chi connectivity index (χ1) is 7.05. The highest BCUT2D eigenvalue weighted by Gasteiger charge is 2.28. The summed E-state index contributed by atoms with van der Waals surface area (Å²) in [6.07, 6.45) is 1.24. The molecular weight excluding hydrogens is 326 g/mol. The Morgan fingerprint density at radius 2 is 1.80 bits per heavy atom. The van der Waals surface area contributed by atoms with Crippen LogP contribution in [0.3, 0.4) is 0 Å². The van der Waals surface area contributed by atoms with Crippen molar-refractivity contribution < 1.29 is 13.8 Å². The van der Waals surface area contributed by atoms with Gasteiger partial charge in [0.2, 0.25) is 7.37 Å². The third kappa shape index (κ3) is 4.45. The summed E-state index contributed by atoms with van der Waals surface area (Å²) in [5, 5.41) is 0.828. The molecule has 0 aliphatic heterocycles. The molecule has 0 aliphatic rings. The molecule has 0 fully saturated rings. The first kappa shape index (κ1) is 15.5. The zero-order chi connectivity index (χ0) is 11.9. The minimum absolute atomic E-state index is 0.477.